The molecule has 0 bridgehead atoms. The molecular weight excluding hydrogens is 250 g/mol. The Morgan fingerprint density at radius 3 is 2.22 bits per heavy atom. The zero-order valence-corrected chi connectivity index (χ0v) is 11.7. The van der Waals surface area contributed by atoms with Gasteiger partial charge in [-0.2, -0.15) is 0 Å². The van der Waals surface area contributed by atoms with Gasteiger partial charge in [0.1, 0.15) is 5.75 Å². The quantitative estimate of drug-likeness (QED) is 0.801. The molecule has 0 aromatic heterocycles. The molecule has 0 aliphatic heterocycles. The highest BCUT2D eigenvalue weighted by molar-refractivity contribution is 7.90. The normalized spacial score (nSPS) is 13.6. The second-order valence-corrected chi connectivity index (χ2v) is 6.45. The fraction of sp³-hybridized carbons (Fsp3) is 0.462. The third-order valence-electron chi connectivity index (χ3n) is 2.78. The lowest BCUT2D eigenvalue weighted by atomic mass is 10.1. The molecule has 1 N–H and O–H groups in total. The van der Waals surface area contributed by atoms with Crippen molar-refractivity contribution in [1.82, 2.24) is 4.72 Å². The van der Waals surface area contributed by atoms with Gasteiger partial charge in [-0.25, -0.2) is 13.1 Å². The Balaban J connectivity index is 2.70. The number of nitrogens with one attached hydrogen (secondary N) is 1. The molecule has 4 nitrogen and oxygen atoms in total. The number of benzene rings is 1. The van der Waals surface area contributed by atoms with E-state index in [-0.39, 0.29) is 17.7 Å². The van der Waals surface area contributed by atoms with Crippen LogP contribution < -0.4 is 4.72 Å². The standard InChI is InChI=1S/C13H19NO3S/c1-10(2)11(3)14-18(16,17)9-13(15)12-7-5-4-6-8-12/h4-8,10-11,14H,9H2,1-3H3. The first-order chi connectivity index (χ1) is 8.32. The zero-order chi connectivity index (χ0) is 13.8. The maximum absolute atomic E-state index is 11.8. The lowest BCUT2D eigenvalue weighted by Crippen LogP contribution is -2.39. The smallest absolute Gasteiger partial charge is 0.219 e. The van der Waals surface area contributed by atoms with E-state index >= 15 is 0 Å². The Morgan fingerprint density at radius 1 is 1.17 bits per heavy atom. The van der Waals surface area contributed by atoms with Gasteiger partial charge in [0.05, 0.1) is 0 Å². The molecule has 1 rings (SSSR count). The van der Waals surface area contributed by atoms with Gasteiger partial charge in [0.2, 0.25) is 10.0 Å². The van der Waals surface area contributed by atoms with E-state index in [2.05, 4.69) is 4.72 Å². The number of ketones is 1. The number of carbonyl (C=O) groups is 1. The van der Waals surface area contributed by atoms with Crippen molar-refractivity contribution in [2.24, 2.45) is 5.92 Å². The van der Waals surface area contributed by atoms with Crippen molar-refractivity contribution in [2.75, 3.05) is 5.75 Å². The molecule has 1 atom stereocenters. The maximum atomic E-state index is 11.8. The van der Waals surface area contributed by atoms with Crippen LogP contribution in [-0.4, -0.2) is 26.0 Å². The molecule has 18 heavy (non-hydrogen) atoms. The molecule has 0 saturated heterocycles. The fourth-order valence-corrected chi connectivity index (χ4v) is 2.77. The third kappa shape index (κ3) is 4.58. The van der Waals surface area contributed by atoms with E-state index in [0.29, 0.717) is 5.56 Å². The molecule has 0 heterocycles. The van der Waals surface area contributed by atoms with Gasteiger partial charge in [0.15, 0.2) is 5.78 Å². The summed E-state index contributed by atoms with van der Waals surface area (Å²) >= 11 is 0. The molecule has 1 aromatic rings. The zero-order valence-electron chi connectivity index (χ0n) is 10.9. The molecular formula is C13H19NO3S. The Morgan fingerprint density at radius 2 is 1.72 bits per heavy atom. The van der Waals surface area contributed by atoms with Crippen molar-refractivity contribution in [3.05, 3.63) is 35.9 Å². The van der Waals surface area contributed by atoms with Crippen molar-refractivity contribution < 1.29 is 13.2 Å². The van der Waals surface area contributed by atoms with Crippen molar-refractivity contribution in [3.8, 4) is 0 Å². The van der Waals surface area contributed by atoms with E-state index < -0.39 is 15.8 Å². The highest BCUT2D eigenvalue weighted by atomic mass is 32.2. The molecule has 0 amide bonds. The number of Topliss-reactive ketones (excluding diaryl/α,β-unsaturated/α-hetero) is 1. The molecule has 0 spiro atoms. The summed E-state index contributed by atoms with van der Waals surface area (Å²) in [6.45, 7) is 5.63. The van der Waals surface area contributed by atoms with Crippen LogP contribution >= 0.6 is 0 Å². The number of hydrogen-bond donors (Lipinski definition) is 1. The molecule has 0 fully saturated rings. The van der Waals surface area contributed by atoms with Crippen LogP contribution in [0.15, 0.2) is 30.3 Å². The molecule has 0 radical (unpaired) electrons. The lowest BCUT2D eigenvalue weighted by Gasteiger charge is -2.17. The molecule has 0 aliphatic rings. The molecule has 1 unspecified atom stereocenters. The van der Waals surface area contributed by atoms with Gasteiger partial charge in [0, 0.05) is 11.6 Å². The van der Waals surface area contributed by atoms with Crippen LogP contribution in [0.2, 0.25) is 0 Å². The Labute approximate surface area is 108 Å². The van der Waals surface area contributed by atoms with Crippen molar-refractivity contribution in [3.63, 3.8) is 0 Å². The second-order valence-electron chi connectivity index (χ2n) is 4.70. The van der Waals surface area contributed by atoms with Gasteiger partial charge in [-0.3, -0.25) is 4.79 Å². The maximum Gasteiger partial charge on any atom is 0.219 e. The summed E-state index contributed by atoms with van der Waals surface area (Å²) in [5.74, 6) is -0.709. The Kier molecular flexibility index (Phi) is 5.04. The molecule has 1 aromatic carbocycles. The van der Waals surface area contributed by atoms with Crippen LogP contribution in [0.25, 0.3) is 0 Å². The predicted octanol–water partition coefficient (Wildman–Crippen LogP) is 1.83. The Bertz CT molecular complexity index is 494. The molecule has 0 aliphatic carbocycles. The highest BCUT2D eigenvalue weighted by Gasteiger charge is 2.21. The van der Waals surface area contributed by atoms with Crippen LogP contribution in [0.5, 0.6) is 0 Å². The SMILES string of the molecule is CC(C)C(C)NS(=O)(=O)CC(=O)c1ccccc1. The van der Waals surface area contributed by atoms with Crippen LogP contribution in [0.1, 0.15) is 31.1 Å². The highest BCUT2D eigenvalue weighted by Crippen LogP contribution is 2.05. The number of rotatable bonds is 6. The first-order valence-corrected chi connectivity index (χ1v) is 7.55. The van der Waals surface area contributed by atoms with Gasteiger partial charge in [-0.1, -0.05) is 44.2 Å². The van der Waals surface area contributed by atoms with Gasteiger partial charge < -0.3 is 0 Å². The number of hydrogen-bond acceptors (Lipinski definition) is 3. The summed E-state index contributed by atoms with van der Waals surface area (Å²) in [4.78, 5) is 11.8. The summed E-state index contributed by atoms with van der Waals surface area (Å²) < 4.78 is 26.1. The van der Waals surface area contributed by atoms with E-state index in [9.17, 15) is 13.2 Å². The monoisotopic (exact) mass is 269 g/mol. The fourth-order valence-electron chi connectivity index (χ4n) is 1.34. The van der Waals surface area contributed by atoms with E-state index in [1.807, 2.05) is 13.8 Å². The summed E-state index contributed by atoms with van der Waals surface area (Å²) in [6, 6.07) is 8.25. The van der Waals surface area contributed by atoms with Crippen molar-refractivity contribution in [2.45, 2.75) is 26.8 Å². The average molecular weight is 269 g/mol. The minimum atomic E-state index is -3.57. The van der Waals surface area contributed by atoms with E-state index in [0.717, 1.165) is 0 Å². The minimum absolute atomic E-state index is 0.182. The molecule has 100 valence electrons. The summed E-state index contributed by atoms with van der Waals surface area (Å²) in [5.41, 5.74) is 0.417. The summed E-state index contributed by atoms with van der Waals surface area (Å²) in [6.07, 6.45) is 0. The van der Waals surface area contributed by atoms with Crippen LogP contribution in [0.4, 0.5) is 0 Å². The van der Waals surface area contributed by atoms with Crippen molar-refractivity contribution >= 4 is 15.8 Å². The van der Waals surface area contributed by atoms with Gasteiger partial charge in [-0.05, 0) is 12.8 Å². The van der Waals surface area contributed by atoms with Crippen LogP contribution in [0, 0.1) is 5.92 Å². The van der Waals surface area contributed by atoms with Gasteiger partial charge in [-0.15, -0.1) is 0 Å². The first kappa shape index (κ1) is 14.9. The largest absolute Gasteiger partial charge is 0.293 e. The van der Waals surface area contributed by atoms with Crippen LogP contribution in [-0.2, 0) is 10.0 Å². The lowest BCUT2D eigenvalue weighted by molar-refractivity contribution is 0.102. The number of sulfonamides is 1. The van der Waals surface area contributed by atoms with Gasteiger partial charge >= 0.3 is 0 Å². The van der Waals surface area contributed by atoms with Gasteiger partial charge in [0.25, 0.3) is 0 Å². The van der Waals surface area contributed by atoms with Crippen molar-refractivity contribution in [1.29, 1.82) is 0 Å². The number of carbonyl (C=O) groups excluding carboxylic acids is 1. The average Bonchev–Trinajstić information content (AvgIpc) is 2.28. The third-order valence-corrected chi connectivity index (χ3v) is 4.16. The Hall–Kier alpha value is -1.20. The molecule has 0 saturated carbocycles. The van der Waals surface area contributed by atoms with E-state index in [1.54, 1.807) is 37.3 Å². The summed E-state index contributed by atoms with van der Waals surface area (Å²) in [7, 11) is -3.57. The summed E-state index contributed by atoms with van der Waals surface area (Å²) in [5, 5.41) is 0. The topological polar surface area (TPSA) is 63.2 Å². The van der Waals surface area contributed by atoms with Crippen LogP contribution in [0.3, 0.4) is 0 Å². The molecule has 5 heteroatoms. The second kappa shape index (κ2) is 6.11. The predicted molar refractivity (Wildman–Crippen MR) is 72.0 cm³/mol. The minimum Gasteiger partial charge on any atom is -0.293 e. The van der Waals surface area contributed by atoms with E-state index in [4.69, 9.17) is 0 Å². The van der Waals surface area contributed by atoms with E-state index in [1.165, 1.54) is 0 Å². The first-order valence-electron chi connectivity index (χ1n) is 5.90.